The summed E-state index contributed by atoms with van der Waals surface area (Å²) in [6.07, 6.45) is 4.60. The molecule has 1 aliphatic carbocycles. The molecule has 1 aromatic carbocycles. The van der Waals surface area contributed by atoms with E-state index in [9.17, 15) is 4.79 Å². The van der Waals surface area contributed by atoms with Crippen LogP contribution in [0.5, 0.6) is 0 Å². The number of fused-ring (bicyclic) bond motifs is 1. The van der Waals surface area contributed by atoms with Gasteiger partial charge in [-0.3, -0.25) is 4.79 Å². The van der Waals surface area contributed by atoms with Crippen LogP contribution in [0.2, 0.25) is 0 Å². The molecule has 18 heavy (non-hydrogen) atoms. The Morgan fingerprint density at radius 2 is 1.94 bits per heavy atom. The minimum Gasteiger partial charge on any atom is -0.349 e. The van der Waals surface area contributed by atoms with Crippen molar-refractivity contribution >= 4 is 5.91 Å². The molecule has 2 rings (SSSR count). The Morgan fingerprint density at radius 1 is 1.22 bits per heavy atom. The summed E-state index contributed by atoms with van der Waals surface area (Å²) in [4.78, 5) is 12.1. The zero-order chi connectivity index (χ0) is 13.2. The molecule has 1 unspecified atom stereocenters. The molecule has 1 aromatic rings. The number of hydrogen-bond acceptors (Lipinski definition) is 1. The lowest BCUT2D eigenvalue weighted by molar-refractivity contribution is -0.129. The molecular formula is C16H23NO. The quantitative estimate of drug-likeness (QED) is 0.752. The van der Waals surface area contributed by atoms with Crippen molar-refractivity contribution in [2.75, 3.05) is 0 Å². The zero-order valence-electron chi connectivity index (χ0n) is 11.6. The molecule has 2 nitrogen and oxygen atoms in total. The van der Waals surface area contributed by atoms with Crippen LogP contribution in [0.3, 0.4) is 0 Å². The van der Waals surface area contributed by atoms with Gasteiger partial charge in [-0.25, -0.2) is 0 Å². The second-order valence-electron chi connectivity index (χ2n) is 6.22. The standard InChI is InChI=1S/C16H23NO/c1-16(2,3)15(18)17-14-11-7-5-9-12-8-4-6-10-13(12)14/h4,6,8,10,14H,5,7,9,11H2,1-3H3,(H,17,18). The molecule has 0 saturated heterocycles. The third-order valence-electron chi connectivity index (χ3n) is 3.61. The van der Waals surface area contributed by atoms with Crippen LogP contribution in [-0.2, 0) is 11.2 Å². The van der Waals surface area contributed by atoms with Crippen molar-refractivity contribution in [2.45, 2.75) is 52.5 Å². The molecule has 1 N–H and O–H groups in total. The van der Waals surface area contributed by atoms with Gasteiger partial charge in [0.1, 0.15) is 0 Å². The molecule has 2 heteroatoms. The minimum absolute atomic E-state index is 0.143. The van der Waals surface area contributed by atoms with Gasteiger partial charge < -0.3 is 5.32 Å². The highest BCUT2D eigenvalue weighted by molar-refractivity contribution is 5.81. The highest BCUT2D eigenvalue weighted by Crippen LogP contribution is 2.29. The third-order valence-corrected chi connectivity index (χ3v) is 3.61. The topological polar surface area (TPSA) is 29.1 Å². The van der Waals surface area contributed by atoms with Crippen LogP contribution >= 0.6 is 0 Å². The first-order valence-corrected chi connectivity index (χ1v) is 6.87. The Morgan fingerprint density at radius 3 is 2.67 bits per heavy atom. The fraction of sp³-hybridized carbons (Fsp3) is 0.562. The predicted octanol–water partition coefficient (Wildman–Crippen LogP) is 3.62. The molecule has 0 heterocycles. The first-order valence-electron chi connectivity index (χ1n) is 6.87. The Hall–Kier alpha value is -1.31. The molecule has 1 amide bonds. The molecule has 1 aliphatic rings. The molecule has 98 valence electrons. The van der Waals surface area contributed by atoms with Crippen LogP contribution in [0.4, 0.5) is 0 Å². The van der Waals surface area contributed by atoms with Gasteiger partial charge in [0, 0.05) is 5.41 Å². The van der Waals surface area contributed by atoms with E-state index in [2.05, 4.69) is 29.6 Å². The molecule has 0 aromatic heterocycles. The number of carbonyl (C=O) groups is 1. The van der Waals surface area contributed by atoms with Gasteiger partial charge in [0.05, 0.1) is 6.04 Å². The molecule has 0 radical (unpaired) electrons. The first kappa shape index (κ1) is 13.1. The molecule has 1 atom stereocenters. The van der Waals surface area contributed by atoms with E-state index < -0.39 is 0 Å². The molecule has 0 fully saturated rings. The maximum absolute atomic E-state index is 12.1. The van der Waals surface area contributed by atoms with Gasteiger partial charge in [-0.2, -0.15) is 0 Å². The normalized spacial score (nSPS) is 19.8. The average molecular weight is 245 g/mol. The van der Waals surface area contributed by atoms with Crippen molar-refractivity contribution in [1.82, 2.24) is 5.32 Å². The van der Waals surface area contributed by atoms with Gasteiger partial charge in [-0.1, -0.05) is 51.5 Å². The van der Waals surface area contributed by atoms with Gasteiger partial charge in [0.25, 0.3) is 0 Å². The molecule has 0 saturated carbocycles. The monoisotopic (exact) mass is 245 g/mol. The summed E-state index contributed by atoms with van der Waals surface area (Å²) in [5.41, 5.74) is 2.39. The molecular weight excluding hydrogens is 222 g/mol. The van der Waals surface area contributed by atoms with E-state index in [1.807, 2.05) is 20.8 Å². The van der Waals surface area contributed by atoms with Crippen molar-refractivity contribution in [3.8, 4) is 0 Å². The average Bonchev–Trinajstić information content (AvgIpc) is 2.51. The Labute approximate surface area is 110 Å². The number of amides is 1. The summed E-state index contributed by atoms with van der Waals surface area (Å²) in [6.45, 7) is 5.89. The summed E-state index contributed by atoms with van der Waals surface area (Å²) in [7, 11) is 0. The fourth-order valence-corrected chi connectivity index (χ4v) is 2.45. The molecule has 0 bridgehead atoms. The van der Waals surface area contributed by atoms with E-state index in [-0.39, 0.29) is 17.4 Å². The highest BCUT2D eigenvalue weighted by Gasteiger charge is 2.26. The van der Waals surface area contributed by atoms with Gasteiger partial charge in [-0.15, -0.1) is 0 Å². The fourth-order valence-electron chi connectivity index (χ4n) is 2.45. The van der Waals surface area contributed by atoms with Crippen molar-refractivity contribution in [3.05, 3.63) is 35.4 Å². The van der Waals surface area contributed by atoms with Crippen molar-refractivity contribution < 1.29 is 4.79 Å². The SMILES string of the molecule is CC(C)(C)C(=O)NC1CCCCc2ccccc21. The van der Waals surface area contributed by atoms with E-state index >= 15 is 0 Å². The van der Waals surface area contributed by atoms with Gasteiger partial charge in [-0.05, 0) is 30.4 Å². The van der Waals surface area contributed by atoms with Crippen LogP contribution in [0.1, 0.15) is 57.2 Å². The van der Waals surface area contributed by atoms with E-state index in [0.29, 0.717) is 0 Å². The summed E-state index contributed by atoms with van der Waals surface area (Å²) < 4.78 is 0. The Bertz CT molecular complexity index is 431. The summed E-state index contributed by atoms with van der Waals surface area (Å²) in [6, 6.07) is 8.70. The van der Waals surface area contributed by atoms with Crippen molar-refractivity contribution in [3.63, 3.8) is 0 Å². The number of nitrogens with one attached hydrogen (secondary N) is 1. The molecule has 0 spiro atoms. The summed E-state index contributed by atoms with van der Waals surface area (Å²) in [5, 5.41) is 3.22. The molecule has 0 aliphatic heterocycles. The Balaban J connectivity index is 2.21. The maximum Gasteiger partial charge on any atom is 0.225 e. The van der Waals surface area contributed by atoms with Crippen molar-refractivity contribution in [1.29, 1.82) is 0 Å². The number of hydrogen-bond donors (Lipinski definition) is 1. The number of carbonyl (C=O) groups excluding carboxylic acids is 1. The van der Waals surface area contributed by atoms with E-state index in [4.69, 9.17) is 0 Å². The lowest BCUT2D eigenvalue weighted by atomic mass is 9.93. The van der Waals surface area contributed by atoms with Gasteiger partial charge >= 0.3 is 0 Å². The summed E-state index contributed by atoms with van der Waals surface area (Å²) >= 11 is 0. The largest absolute Gasteiger partial charge is 0.349 e. The van der Waals surface area contributed by atoms with Crippen LogP contribution < -0.4 is 5.32 Å². The van der Waals surface area contributed by atoms with Gasteiger partial charge in [0.2, 0.25) is 5.91 Å². The highest BCUT2D eigenvalue weighted by atomic mass is 16.2. The minimum atomic E-state index is -0.318. The zero-order valence-corrected chi connectivity index (χ0v) is 11.6. The van der Waals surface area contributed by atoms with Crippen molar-refractivity contribution in [2.24, 2.45) is 5.41 Å². The van der Waals surface area contributed by atoms with Gasteiger partial charge in [0.15, 0.2) is 0 Å². The maximum atomic E-state index is 12.1. The van der Waals surface area contributed by atoms with Crippen LogP contribution in [0.15, 0.2) is 24.3 Å². The lowest BCUT2D eigenvalue weighted by Crippen LogP contribution is -2.37. The number of rotatable bonds is 1. The van der Waals surface area contributed by atoms with E-state index in [0.717, 1.165) is 12.8 Å². The number of benzene rings is 1. The second-order valence-corrected chi connectivity index (χ2v) is 6.22. The summed E-state index contributed by atoms with van der Waals surface area (Å²) in [5.74, 6) is 0.143. The van der Waals surface area contributed by atoms with E-state index in [1.165, 1.54) is 24.0 Å². The van der Waals surface area contributed by atoms with Crippen LogP contribution in [-0.4, -0.2) is 5.91 Å². The van der Waals surface area contributed by atoms with Crippen LogP contribution in [0.25, 0.3) is 0 Å². The smallest absolute Gasteiger partial charge is 0.225 e. The first-order chi connectivity index (χ1) is 8.48. The number of aryl methyl sites for hydroxylation is 1. The lowest BCUT2D eigenvalue weighted by Gasteiger charge is -2.24. The second kappa shape index (κ2) is 5.13. The van der Waals surface area contributed by atoms with Crippen LogP contribution in [0, 0.1) is 5.41 Å². The van der Waals surface area contributed by atoms with E-state index in [1.54, 1.807) is 0 Å². The third kappa shape index (κ3) is 2.92. The Kier molecular flexibility index (Phi) is 3.74. The predicted molar refractivity (Wildman–Crippen MR) is 74.3 cm³/mol.